The lowest BCUT2D eigenvalue weighted by molar-refractivity contribution is 0.811. The van der Waals surface area contributed by atoms with Gasteiger partial charge in [0.05, 0.1) is 23.2 Å². The van der Waals surface area contributed by atoms with Crippen LogP contribution in [0.5, 0.6) is 0 Å². The molecule has 0 spiro atoms. The second-order valence-electron chi connectivity index (χ2n) is 5.93. The lowest BCUT2D eigenvalue weighted by Crippen LogP contribution is -2.05. The molecule has 2 aromatic heterocycles. The minimum absolute atomic E-state index is 0.495. The number of benzene rings is 2. The number of imidazole rings is 1. The molecule has 6 heteroatoms. The molecule has 0 radical (unpaired) electrons. The Balaban J connectivity index is 1.88. The number of aromatic nitrogens is 2. The van der Waals surface area contributed by atoms with Crippen molar-refractivity contribution in [3.05, 3.63) is 86.3 Å². The predicted molar refractivity (Wildman–Crippen MR) is 113 cm³/mol. The molecule has 0 bridgehead atoms. The van der Waals surface area contributed by atoms with Crippen molar-refractivity contribution in [2.24, 2.45) is 0 Å². The fourth-order valence-electron chi connectivity index (χ4n) is 2.92. The van der Waals surface area contributed by atoms with Gasteiger partial charge in [0, 0.05) is 14.9 Å². The third-order valence-electron chi connectivity index (χ3n) is 4.19. The molecule has 4 aromatic rings. The fraction of sp³-hybridized carbons (Fsp3) is 0.0476. The van der Waals surface area contributed by atoms with E-state index in [0.29, 0.717) is 28.0 Å². The minimum Gasteiger partial charge on any atom is -0.319 e. The number of fused-ring (bicyclic) bond motifs is 1. The van der Waals surface area contributed by atoms with Crippen LogP contribution < -0.4 is 0 Å². The molecule has 0 aliphatic heterocycles. The van der Waals surface area contributed by atoms with Crippen LogP contribution in [0.4, 0.5) is 0 Å². The molecule has 27 heavy (non-hydrogen) atoms. The lowest BCUT2D eigenvalue weighted by Gasteiger charge is -2.11. The van der Waals surface area contributed by atoms with Crippen LogP contribution in [0.3, 0.4) is 0 Å². The van der Waals surface area contributed by atoms with E-state index in [1.807, 2.05) is 64.6 Å². The minimum atomic E-state index is 0.495. The average molecular weight is 410 g/mol. The Labute approximate surface area is 170 Å². The summed E-state index contributed by atoms with van der Waals surface area (Å²) >= 11 is 14.0. The van der Waals surface area contributed by atoms with Gasteiger partial charge in [-0.15, -0.1) is 11.3 Å². The zero-order chi connectivity index (χ0) is 18.8. The van der Waals surface area contributed by atoms with Gasteiger partial charge < -0.3 is 4.57 Å². The molecule has 2 aromatic carbocycles. The fourth-order valence-corrected chi connectivity index (χ4v) is 4.05. The van der Waals surface area contributed by atoms with Crippen LogP contribution >= 0.6 is 34.5 Å². The number of para-hydroxylation sites is 2. The van der Waals surface area contributed by atoms with Crippen molar-refractivity contribution in [2.45, 2.75) is 6.54 Å². The summed E-state index contributed by atoms with van der Waals surface area (Å²) in [6, 6.07) is 19.5. The van der Waals surface area contributed by atoms with E-state index in [0.717, 1.165) is 21.5 Å². The monoisotopic (exact) mass is 409 g/mol. The van der Waals surface area contributed by atoms with E-state index >= 15 is 0 Å². The molecular weight excluding hydrogens is 397 g/mol. The predicted octanol–water partition coefficient (Wildman–Crippen LogP) is 6.52. The molecule has 4 rings (SSSR count). The highest BCUT2D eigenvalue weighted by atomic mass is 35.5. The van der Waals surface area contributed by atoms with Crippen LogP contribution in [-0.2, 0) is 6.54 Å². The van der Waals surface area contributed by atoms with Crippen molar-refractivity contribution < 1.29 is 0 Å². The van der Waals surface area contributed by atoms with Crippen molar-refractivity contribution in [1.29, 1.82) is 5.26 Å². The summed E-state index contributed by atoms with van der Waals surface area (Å²) < 4.78 is 2.02. The Kier molecular flexibility index (Phi) is 5.00. The van der Waals surface area contributed by atoms with Crippen molar-refractivity contribution in [2.75, 3.05) is 0 Å². The van der Waals surface area contributed by atoms with Gasteiger partial charge in [0.15, 0.2) is 5.82 Å². The Bertz CT molecular complexity index is 1180. The van der Waals surface area contributed by atoms with E-state index in [1.54, 1.807) is 17.4 Å². The summed E-state index contributed by atoms with van der Waals surface area (Å²) in [5.74, 6) is 0.623. The largest absolute Gasteiger partial charge is 0.319 e. The van der Waals surface area contributed by atoms with Gasteiger partial charge in [-0.05, 0) is 47.4 Å². The van der Waals surface area contributed by atoms with Crippen molar-refractivity contribution in [1.82, 2.24) is 9.55 Å². The van der Waals surface area contributed by atoms with Crippen LogP contribution in [-0.4, -0.2) is 9.55 Å². The molecule has 0 saturated carbocycles. The zero-order valence-electron chi connectivity index (χ0n) is 14.1. The normalized spacial score (nSPS) is 11.7. The molecule has 0 saturated heterocycles. The number of halogens is 2. The first-order valence-electron chi connectivity index (χ1n) is 8.20. The van der Waals surface area contributed by atoms with Gasteiger partial charge in [-0.2, -0.15) is 5.26 Å². The van der Waals surface area contributed by atoms with Crippen LogP contribution in [0, 0.1) is 11.3 Å². The summed E-state index contributed by atoms with van der Waals surface area (Å²) in [5.41, 5.74) is 3.22. The Morgan fingerprint density at radius 2 is 2.00 bits per heavy atom. The molecular formula is C21H13Cl2N3S. The number of hydrogen-bond donors (Lipinski definition) is 0. The maximum absolute atomic E-state index is 9.77. The van der Waals surface area contributed by atoms with E-state index in [-0.39, 0.29) is 0 Å². The Hall–Kier alpha value is -2.58. The number of hydrogen-bond acceptors (Lipinski definition) is 3. The summed E-state index contributed by atoms with van der Waals surface area (Å²) in [5, 5.41) is 12.9. The van der Waals surface area contributed by atoms with Crippen molar-refractivity contribution in [3.63, 3.8) is 0 Å². The lowest BCUT2D eigenvalue weighted by atomic mass is 10.2. The van der Waals surface area contributed by atoms with E-state index in [4.69, 9.17) is 28.2 Å². The smallest absolute Gasteiger partial charge is 0.152 e. The molecule has 0 aliphatic carbocycles. The third-order valence-corrected chi connectivity index (χ3v) is 5.60. The molecule has 0 aliphatic rings. The summed E-state index contributed by atoms with van der Waals surface area (Å²) in [6.45, 7) is 0.495. The number of nitriles is 1. The maximum atomic E-state index is 9.77. The first kappa shape index (κ1) is 17.8. The first-order valence-corrected chi connectivity index (χ1v) is 9.84. The number of allylic oxidation sites excluding steroid dienone is 1. The molecule has 0 N–H and O–H groups in total. The van der Waals surface area contributed by atoms with Crippen LogP contribution in [0.15, 0.2) is 60.0 Å². The van der Waals surface area contributed by atoms with Crippen molar-refractivity contribution in [3.8, 4) is 6.07 Å². The number of rotatable bonds is 4. The van der Waals surface area contributed by atoms with Gasteiger partial charge in [0.1, 0.15) is 6.07 Å². The van der Waals surface area contributed by atoms with E-state index in [9.17, 15) is 5.26 Å². The number of nitrogens with zero attached hydrogens (tertiary/aromatic N) is 3. The van der Waals surface area contributed by atoms with Gasteiger partial charge in [0.25, 0.3) is 0 Å². The Morgan fingerprint density at radius 3 is 2.74 bits per heavy atom. The van der Waals surface area contributed by atoms with Gasteiger partial charge in [-0.25, -0.2) is 4.98 Å². The molecule has 0 amide bonds. The molecule has 132 valence electrons. The highest BCUT2D eigenvalue weighted by Crippen LogP contribution is 2.28. The molecule has 2 heterocycles. The van der Waals surface area contributed by atoms with Crippen molar-refractivity contribution >= 4 is 57.2 Å². The Morgan fingerprint density at radius 1 is 1.15 bits per heavy atom. The first-order chi connectivity index (χ1) is 13.2. The van der Waals surface area contributed by atoms with Gasteiger partial charge >= 0.3 is 0 Å². The van der Waals surface area contributed by atoms with E-state index < -0.39 is 0 Å². The SMILES string of the molecule is N#C/C(=C\c1cccs1)c1nc2ccccc2n1Cc1ccc(Cl)cc1Cl. The second-order valence-corrected chi connectivity index (χ2v) is 7.75. The third kappa shape index (κ3) is 3.63. The molecule has 0 atom stereocenters. The topological polar surface area (TPSA) is 41.6 Å². The highest BCUT2D eigenvalue weighted by Gasteiger charge is 2.16. The van der Waals surface area contributed by atoms with Crippen LogP contribution in [0.2, 0.25) is 10.0 Å². The second kappa shape index (κ2) is 7.58. The highest BCUT2D eigenvalue weighted by molar-refractivity contribution is 7.10. The van der Waals surface area contributed by atoms with Gasteiger partial charge in [-0.3, -0.25) is 0 Å². The van der Waals surface area contributed by atoms with E-state index in [1.165, 1.54) is 0 Å². The van der Waals surface area contributed by atoms with Gasteiger partial charge in [0.2, 0.25) is 0 Å². The molecule has 0 fully saturated rings. The zero-order valence-corrected chi connectivity index (χ0v) is 16.4. The summed E-state index contributed by atoms with van der Waals surface area (Å²) in [7, 11) is 0. The van der Waals surface area contributed by atoms with Gasteiger partial charge in [-0.1, -0.05) is 47.5 Å². The van der Waals surface area contributed by atoms with Crippen LogP contribution in [0.25, 0.3) is 22.7 Å². The average Bonchev–Trinajstić information content (AvgIpc) is 3.30. The summed E-state index contributed by atoms with van der Waals surface area (Å²) in [6.07, 6.45) is 1.87. The van der Waals surface area contributed by atoms with Crippen LogP contribution in [0.1, 0.15) is 16.3 Å². The number of thiophene rings is 1. The standard InChI is InChI=1S/C21H13Cl2N3S/c22-16-8-7-14(18(23)11-16)13-26-20-6-2-1-5-19(20)25-21(26)15(12-24)10-17-4-3-9-27-17/h1-11H,13H2/b15-10+. The maximum Gasteiger partial charge on any atom is 0.152 e. The van der Waals surface area contributed by atoms with E-state index in [2.05, 4.69) is 6.07 Å². The quantitative estimate of drug-likeness (QED) is 0.360. The molecule has 0 unspecified atom stereocenters. The summed E-state index contributed by atoms with van der Waals surface area (Å²) in [4.78, 5) is 5.72. The molecule has 3 nitrogen and oxygen atoms in total.